The Kier molecular flexibility index (Phi) is 5.55. The minimum atomic E-state index is -0.567. The van der Waals surface area contributed by atoms with Gasteiger partial charge in [0, 0.05) is 17.5 Å². The third-order valence-corrected chi connectivity index (χ3v) is 4.45. The Balaban J connectivity index is 1.83. The monoisotopic (exact) mass is 358 g/mol. The summed E-state index contributed by atoms with van der Waals surface area (Å²) >= 11 is 0. The molecule has 1 saturated carbocycles. The summed E-state index contributed by atoms with van der Waals surface area (Å²) < 4.78 is 15.7. The van der Waals surface area contributed by atoms with Crippen molar-refractivity contribution in [2.75, 3.05) is 20.8 Å². The Morgan fingerprint density at radius 1 is 1.19 bits per heavy atom. The van der Waals surface area contributed by atoms with E-state index in [-0.39, 0.29) is 24.2 Å². The van der Waals surface area contributed by atoms with Gasteiger partial charge in [-0.2, -0.15) is 0 Å². The van der Waals surface area contributed by atoms with Gasteiger partial charge < -0.3 is 19.5 Å². The predicted molar refractivity (Wildman–Crippen MR) is 95.5 cm³/mol. The Morgan fingerprint density at radius 3 is 2.65 bits per heavy atom. The molecule has 0 aliphatic heterocycles. The van der Waals surface area contributed by atoms with E-state index in [1.54, 1.807) is 25.3 Å². The highest BCUT2D eigenvalue weighted by Gasteiger charge is 2.18. The minimum Gasteiger partial charge on any atom is -0.497 e. The number of esters is 1. The van der Waals surface area contributed by atoms with Crippen LogP contribution in [0.1, 0.15) is 36.2 Å². The summed E-state index contributed by atoms with van der Waals surface area (Å²) in [5.41, 5.74) is 0.677. The largest absolute Gasteiger partial charge is 0.497 e. The van der Waals surface area contributed by atoms with Crippen LogP contribution in [-0.4, -0.2) is 43.7 Å². The summed E-state index contributed by atoms with van der Waals surface area (Å²) in [6.07, 6.45) is 4.30. The molecule has 0 bridgehead atoms. The number of carbonyl (C=O) groups is 2. The molecule has 1 aliphatic rings. The quantitative estimate of drug-likeness (QED) is 0.798. The van der Waals surface area contributed by atoms with Crippen LogP contribution in [-0.2, 0) is 9.53 Å². The zero-order valence-corrected chi connectivity index (χ0v) is 14.9. The van der Waals surface area contributed by atoms with Crippen LogP contribution in [0.2, 0.25) is 0 Å². The van der Waals surface area contributed by atoms with Gasteiger partial charge in [0.15, 0.2) is 12.3 Å². The molecule has 0 radical (unpaired) electrons. The number of pyridine rings is 1. The SMILES string of the molecule is COC(=O)c1cc(OCC(=O)NC2CCCC2)c2cc(OC)ccc2n1. The summed E-state index contributed by atoms with van der Waals surface area (Å²) in [7, 11) is 2.85. The number of fused-ring (bicyclic) bond motifs is 1. The number of hydrogen-bond acceptors (Lipinski definition) is 6. The van der Waals surface area contributed by atoms with Gasteiger partial charge in [-0.05, 0) is 31.0 Å². The maximum atomic E-state index is 12.1. The Labute approximate surface area is 151 Å². The Hall–Kier alpha value is -2.83. The van der Waals surface area contributed by atoms with Crippen LogP contribution in [0.4, 0.5) is 0 Å². The molecule has 1 heterocycles. The molecule has 0 atom stereocenters. The lowest BCUT2D eigenvalue weighted by atomic mass is 10.1. The molecule has 1 fully saturated rings. The van der Waals surface area contributed by atoms with Crippen LogP contribution in [0.5, 0.6) is 11.5 Å². The molecule has 1 aromatic carbocycles. The minimum absolute atomic E-state index is 0.122. The smallest absolute Gasteiger partial charge is 0.356 e. The highest BCUT2D eigenvalue weighted by atomic mass is 16.5. The van der Waals surface area contributed by atoms with E-state index >= 15 is 0 Å². The van der Waals surface area contributed by atoms with Crippen molar-refractivity contribution in [3.8, 4) is 11.5 Å². The number of aromatic nitrogens is 1. The van der Waals surface area contributed by atoms with Crippen LogP contribution in [0, 0.1) is 0 Å². The first kappa shape index (κ1) is 18.0. The zero-order chi connectivity index (χ0) is 18.5. The lowest BCUT2D eigenvalue weighted by molar-refractivity contribution is -0.123. The lowest BCUT2D eigenvalue weighted by Crippen LogP contribution is -2.36. The van der Waals surface area contributed by atoms with Crippen molar-refractivity contribution in [3.05, 3.63) is 30.0 Å². The summed E-state index contributed by atoms with van der Waals surface area (Å²) in [5, 5.41) is 3.63. The first-order valence-corrected chi connectivity index (χ1v) is 8.60. The van der Waals surface area contributed by atoms with E-state index in [9.17, 15) is 9.59 Å². The number of hydrogen-bond donors (Lipinski definition) is 1. The highest BCUT2D eigenvalue weighted by Crippen LogP contribution is 2.29. The molecule has 7 heteroatoms. The molecule has 0 unspecified atom stereocenters. The second-order valence-electron chi connectivity index (χ2n) is 6.22. The van der Waals surface area contributed by atoms with Gasteiger partial charge >= 0.3 is 5.97 Å². The number of amides is 1. The molecule has 3 rings (SSSR count). The van der Waals surface area contributed by atoms with Crippen molar-refractivity contribution >= 4 is 22.8 Å². The van der Waals surface area contributed by atoms with Gasteiger partial charge in [-0.25, -0.2) is 9.78 Å². The van der Waals surface area contributed by atoms with Gasteiger partial charge in [-0.15, -0.1) is 0 Å². The van der Waals surface area contributed by atoms with Crippen LogP contribution < -0.4 is 14.8 Å². The highest BCUT2D eigenvalue weighted by molar-refractivity contribution is 5.94. The van der Waals surface area contributed by atoms with E-state index in [1.807, 2.05) is 0 Å². The summed E-state index contributed by atoms with van der Waals surface area (Å²) in [4.78, 5) is 28.3. The van der Waals surface area contributed by atoms with Gasteiger partial charge in [0.2, 0.25) is 0 Å². The first-order valence-electron chi connectivity index (χ1n) is 8.60. The number of benzene rings is 1. The topological polar surface area (TPSA) is 86.8 Å². The zero-order valence-electron chi connectivity index (χ0n) is 14.9. The number of methoxy groups -OCH3 is 2. The second kappa shape index (κ2) is 8.03. The average Bonchev–Trinajstić information content (AvgIpc) is 3.17. The Morgan fingerprint density at radius 2 is 1.96 bits per heavy atom. The molecule has 7 nitrogen and oxygen atoms in total. The van der Waals surface area contributed by atoms with Crippen LogP contribution in [0.15, 0.2) is 24.3 Å². The number of ether oxygens (including phenoxy) is 3. The maximum absolute atomic E-state index is 12.1. The number of nitrogens with one attached hydrogen (secondary N) is 1. The van der Waals surface area contributed by atoms with Crippen molar-refractivity contribution in [1.29, 1.82) is 0 Å². The summed E-state index contributed by atoms with van der Waals surface area (Å²) in [5.74, 6) is 0.272. The van der Waals surface area contributed by atoms with E-state index in [0.717, 1.165) is 25.7 Å². The van der Waals surface area contributed by atoms with Crippen LogP contribution >= 0.6 is 0 Å². The molecular weight excluding hydrogens is 336 g/mol. The molecule has 26 heavy (non-hydrogen) atoms. The summed E-state index contributed by atoms with van der Waals surface area (Å²) in [6, 6.07) is 6.94. The fourth-order valence-corrected chi connectivity index (χ4v) is 3.11. The fraction of sp³-hybridized carbons (Fsp3) is 0.421. The lowest BCUT2D eigenvalue weighted by Gasteiger charge is -2.14. The molecule has 1 amide bonds. The number of carbonyl (C=O) groups excluding carboxylic acids is 2. The van der Waals surface area contributed by atoms with Crippen LogP contribution in [0.25, 0.3) is 10.9 Å². The van der Waals surface area contributed by atoms with Gasteiger partial charge in [0.05, 0.1) is 19.7 Å². The van der Waals surface area contributed by atoms with Crippen molar-refractivity contribution in [1.82, 2.24) is 10.3 Å². The van der Waals surface area contributed by atoms with E-state index in [1.165, 1.54) is 13.2 Å². The van der Waals surface area contributed by atoms with Gasteiger partial charge in [-0.3, -0.25) is 4.79 Å². The Bertz CT molecular complexity index is 815. The molecule has 1 N–H and O–H groups in total. The van der Waals surface area contributed by atoms with Gasteiger partial charge in [0.1, 0.15) is 11.5 Å². The average molecular weight is 358 g/mol. The maximum Gasteiger partial charge on any atom is 0.356 e. The number of nitrogens with zero attached hydrogens (tertiary/aromatic N) is 1. The summed E-state index contributed by atoms with van der Waals surface area (Å²) in [6.45, 7) is -0.132. The first-order chi connectivity index (χ1) is 12.6. The van der Waals surface area contributed by atoms with Crippen molar-refractivity contribution in [3.63, 3.8) is 0 Å². The number of rotatable bonds is 6. The third kappa shape index (κ3) is 4.04. The standard InChI is InChI=1S/C19H22N2O5/c1-24-13-7-8-15-14(9-13)17(10-16(21-15)19(23)25-2)26-11-18(22)20-12-5-3-4-6-12/h7-10,12H,3-6,11H2,1-2H3,(H,20,22). The van der Waals surface area contributed by atoms with Crippen molar-refractivity contribution < 1.29 is 23.8 Å². The third-order valence-electron chi connectivity index (χ3n) is 4.45. The predicted octanol–water partition coefficient (Wildman–Crippen LogP) is 2.47. The van der Waals surface area contributed by atoms with Gasteiger partial charge in [0.25, 0.3) is 5.91 Å². The van der Waals surface area contributed by atoms with E-state index < -0.39 is 5.97 Å². The molecule has 1 aromatic heterocycles. The van der Waals surface area contributed by atoms with E-state index in [2.05, 4.69) is 10.3 Å². The molecule has 2 aromatic rings. The van der Waals surface area contributed by atoms with Crippen LogP contribution in [0.3, 0.4) is 0 Å². The normalized spacial score (nSPS) is 14.2. The van der Waals surface area contributed by atoms with Crippen molar-refractivity contribution in [2.24, 2.45) is 0 Å². The molecule has 1 aliphatic carbocycles. The molecule has 138 valence electrons. The fourth-order valence-electron chi connectivity index (χ4n) is 3.11. The van der Waals surface area contributed by atoms with Gasteiger partial charge in [-0.1, -0.05) is 12.8 Å². The second-order valence-corrected chi connectivity index (χ2v) is 6.22. The van der Waals surface area contributed by atoms with Crippen molar-refractivity contribution in [2.45, 2.75) is 31.7 Å². The van der Waals surface area contributed by atoms with E-state index in [0.29, 0.717) is 22.4 Å². The molecule has 0 saturated heterocycles. The molecular formula is C19H22N2O5. The van der Waals surface area contributed by atoms with E-state index in [4.69, 9.17) is 14.2 Å². The molecule has 0 spiro atoms.